The molecule has 0 bridgehead atoms. The molecule has 0 spiro atoms. The van der Waals surface area contributed by atoms with Crippen LogP contribution in [0.3, 0.4) is 0 Å². The summed E-state index contributed by atoms with van der Waals surface area (Å²) in [5, 5.41) is 2.33. The molecule has 1 aromatic carbocycles. The van der Waals surface area contributed by atoms with Gasteiger partial charge in [-0.15, -0.1) is 0 Å². The van der Waals surface area contributed by atoms with E-state index in [4.69, 9.17) is 21.1 Å². The SMILES string of the molecule is COc1nc(N2CCN(C(=O)OC(C)(C)C)CC2C)c2cnc(-c3cncc4cccc(Cl)c34)c(F)c2n1. The van der Waals surface area contributed by atoms with Gasteiger partial charge in [0.05, 0.1) is 12.5 Å². The summed E-state index contributed by atoms with van der Waals surface area (Å²) in [6.45, 7) is 8.77. The number of anilines is 1. The van der Waals surface area contributed by atoms with E-state index >= 15 is 4.39 Å². The van der Waals surface area contributed by atoms with E-state index in [1.807, 2.05) is 44.7 Å². The van der Waals surface area contributed by atoms with E-state index < -0.39 is 11.4 Å². The summed E-state index contributed by atoms with van der Waals surface area (Å²) in [7, 11) is 1.43. The van der Waals surface area contributed by atoms with Crippen LogP contribution in [-0.2, 0) is 4.74 Å². The molecule has 1 fully saturated rings. The van der Waals surface area contributed by atoms with Crippen molar-refractivity contribution in [1.29, 1.82) is 0 Å². The van der Waals surface area contributed by atoms with E-state index in [2.05, 4.69) is 19.9 Å². The number of nitrogens with zero attached hydrogens (tertiary/aromatic N) is 6. The number of aromatic nitrogens is 4. The molecule has 4 aromatic rings. The van der Waals surface area contributed by atoms with Crippen LogP contribution in [-0.4, -0.2) is 69.3 Å². The van der Waals surface area contributed by atoms with Crippen LogP contribution in [0, 0.1) is 5.82 Å². The number of hydrogen-bond acceptors (Lipinski definition) is 8. The van der Waals surface area contributed by atoms with Gasteiger partial charge < -0.3 is 19.3 Å². The van der Waals surface area contributed by atoms with Crippen molar-refractivity contribution < 1.29 is 18.7 Å². The monoisotopic (exact) mass is 538 g/mol. The molecule has 0 N–H and O–H groups in total. The summed E-state index contributed by atoms with van der Waals surface area (Å²) in [4.78, 5) is 33.9. The number of methoxy groups -OCH3 is 1. The predicted molar refractivity (Wildman–Crippen MR) is 144 cm³/mol. The minimum absolute atomic E-state index is 0.0272. The van der Waals surface area contributed by atoms with E-state index in [0.717, 1.165) is 5.39 Å². The topological polar surface area (TPSA) is 93.6 Å². The lowest BCUT2D eigenvalue weighted by atomic mass is 10.0. The first-order valence-electron chi connectivity index (χ1n) is 12.2. The smallest absolute Gasteiger partial charge is 0.410 e. The zero-order valence-electron chi connectivity index (χ0n) is 21.8. The van der Waals surface area contributed by atoms with Gasteiger partial charge in [0.25, 0.3) is 0 Å². The van der Waals surface area contributed by atoms with Crippen LogP contribution < -0.4 is 9.64 Å². The third-order valence-electron chi connectivity index (χ3n) is 6.36. The lowest BCUT2D eigenvalue weighted by Crippen LogP contribution is -2.54. The first-order chi connectivity index (χ1) is 18.1. The van der Waals surface area contributed by atoms with Crippen molar-refractivity contribution in [2.75, 3.05) is 31.6 Å². The normalized spacial score (nSPS) is 16.2. The van der Waals surface area contributed by atoms with Crippen molar-refractivity contribution in [2.24, 2.45) is 0 Å². The van der Waals surface area contributed by atoms with Crippen LogP contribution in [0.4, 0.5) is 15.0 Å². The fourth-order valence-corrected chi connectivity index (χ4v) is 4.94. The maximum Gasteiger partial charge on any atom is 0.410 e. The van der Waals surface area contributed by atoms with Gasteiger partial charge in [0.2, 0.25) is 0 Å². The van der Waals surface area contributed by atoms with Crippen molar-refractivity contribution >= 4 is 45.2 Å². The van der Waals surface area contributed by atoms with Gasteiger partial charge in [-0.2, -0.15) is 9.97 Å². The zero-order chi connectivity index (χ0) is 27.2. The molecule has 9 nitrogen and oxygen atoms in total. The van der Waals surface area contributed by atoms with Crippen LogP contribution >= 0.6 is 11.6 Å². The Bertz CT molecular complexity index is 1540. The molecule has 1 atom stereocenters. The Morgan fingerprint density at radius 2 is 1.95 bits per heavy atom. The highest BCUT2D eigenvalue weighted by Gasteiger charge is 2.32. The summed E-state index contributed by atoms with van der Waals surface area (Å²) in [6, 6.07) is 5.31. The average molecular weight is 539 g/mol. The Morgan fingerprint density at radius 1 is 1.16 bits per heavy atom. The maximum atomic E-state index is 16.1. The standard InChI is InChI=1S/C27H28ClFN6O3/c1-15-14-34(26(36)38-27(2,3)4)9-10-35(15)24-18-13-31-22(21(29)23(18)32-25(33-24)37-5)17-12-30-11-16-7-6-8-19(28)20(16)17/h6-8,11-13,15H,9-10,14H2,1-5H3. The average Bonchev–Trinajstić information content (AvgIpc) is 2.87. The summed E-state index contributed by atoms with van der Waals surface area (Å²) in [5.74, 6) is -0.145. The van der Waals surface area contributed by atoms with Crippen LogP contribution in [0.2, 0.25) is 5.02 Å². The largest absolute Gasteiger partial charge is 0.467 e. The molecule has 198 valence electrons. The second-order valence-electron chi connectivity index (χ2n) is 10.2. The number of ether oxygens (including phenoxy) is 2. The van der Waals surface area contributed by atoms with E-state index in [0.29, 0.717) is 46.8 Å². The van der Waals surface area contributed by atoms with Gasteiger partial charge in [0, 0.05) is 65.6 Å². The van der Waals surface area contributed by atoms with Crippen molar-refractivity contribution in [3.05, 3.63) is 47.6 Å². The minimum atomic E-state index is -0.626. The number of amides is 1. The van der Waals surface area contributed by atoms with Gasteiger partial charge in [-0.3, -0.25) is 9.97 Å². The second-order valence-corrected chi connectivity index (χ2v) is 10.6. The van der Waals surface area contributed by atoms with Crippen LogP contribution in [0.1, 0.15) is 27.7 Å². The summed E-state index contributed by atoms with van der Waals surface area (Å²) < 4.78 is 27.0. The van der Waals surface area contributed by atoms with Crippen molar-refractivity contribution in [2.45, 2.75) is 39.3 Å². The van der Waals surface area contributed by atoms with E-state index in [-0.39, 0.29) is 29.4 Å². The molecule has 11 heteroatoms. The molecule has 4 heterocycles. The summed E-state index contributed by atoms with van der Waals surface area (Å²) in [6.07, 6.45) is 4.41. The number of fused-ring (bicyclic) bond motifs is 2. The second kappa shape index (κ2) is 9.83. The Hall–Kier alpha value is -3.79. The minimum Gasteiger partial charge on any atom is -0.467 e. The Labute approximate surface area is 224 Å². The zero-order valence-corrected chi connectivity index (χ0v) is 22.6. The lowest BCUT2D eigenvalue weighted by molar-refractivity contribution is 0.0218. The molecular weight excluding hydrogens is 511 g/mol. The van der Waals surface area contributed by atoms with Gasteiger partial charge in [-0.25, -0.2) is 9.18 Å². The number of pyridine rings is 2. The number of piperazine rings is 1. The molecule has 3 aromatic heterocycles. The summed E-state index contributed by atoms with van der Waals surface area (Å²) in [5.41, 5.74) is 0.0325. The highest BCUT2D eigenvalue weighted by Crippen LogP contribution is 2.37. The molecule has 38 heavy (non-hydrogen) atoms. The molecule has 1 aliphatic rings. The van der Waals surface area contributed by atoms with E-state index in [9.17, 15) is 4.79 Å². The quantitative estimate of drug-likeness (QED) is 0.338. The van der Waals surface area contributed by atoms with Crippen LogP contribution in [0.25, 0.3) is 32.9 Å². The highest BCUT2D eigenvalue weighted by atomic mass is 35.5. The van der Waals surface area contributed by atoms with Crippen molar-refractivity contribution in [3.63, 3.8) is 0 Å². The molecule has 1 saturated heterocycles. The van der Waals surface area contributed by atoms with Crippen LogP contribution in [0.5, 0.6) is 6.01 Å². The van der Waals surface area contributed by atoms with Crippen molar-refractivity contribution in [1.82, 2.24) is 24.8 Å². The third-order valence-corrected chi connectivity index (χ3v) is 6.68. The molecule has 5 rings (SSSR count). The Morgan fingerprint density at radius 3 is 2.66 bits per heavy atom. The number of carbonyl (C=O) groups is 1. The Kier molecular flexibility index (Phi) is 6.68. The van der Waals surface area contributed by atoms with Gasteiger partial charge in [0.15, 0.2) is 5.82 Å². The molecule has 1 aliphatic heterocycles. The highest BCUT2D eigenvalue weighted by molar-refractivity contribution is 6.36. The maximum absolute atomic E-state index is 16.1. The molecule has 0 aliphatic carbocycles. The molecular formula is C27H28ClFN6O3. The fourth-order valence-electron chi connectivity index (χ4n) is 4.65. The third kappa shape index (κ3) is 4.76. The van der Waals surface area contributed by atoms with Gasteiger partial charge in [0.1, 0.15) is 22.6 Å². The number of carbonyl (C=O) groups excluding carboxylic acids is 1. The van der Waals surface area contributed by atoms with Gasteiger partial charge in [-0.05, 0) is 33.8 Å². The number of rotatable bonds is 3. The summed E-state index contributed by atoms with van der Waals surface area (Å²) >= 11 is 6.48. The first kappa shape index (κ1) is 25.8. The number of benzene rings is 1. The van der Waals surface area contributed by atoms with Gasteiger partial charge in [-0.1, -0.05) is 23.7 Å². The molecule has 0 saturated carbocycles. The van der Waals surface area contributed by atoms with Crippen LogP contribution in [0.15, 0.2) is 36.8 Å². The number of hydrogen-bond donors (Lipinski definition) is 0. The fraction of sp³-hybridized carbons (Fsp3) is 0.370. The lowest BCUT2D eigenvalue weighted by Gasteiger charge is -2.41. The molecule has 0 radical (unpaired) electrons. The molecule has 1 unspecified atom stereocenters. The first-order valence-corrected chi connectivity index (χ1v) is 12.6. The van der Waals surface area contributed by atoms with Crippen molar-refractivity contribution in [3.8, 4) is 17.3 Å². The number of halogens is 2. The molecule has 1 amide bonds. The van der Waals surface area contributed by atoms with E-state index in [1.54, 1.807) is 29.6 Å². The van der Waals surface area contributed by atoms with Gasteiger partial charge >= 0.3 is 12.1 Å². The predicted octanol–water partition coefficient (Wildman–Crippen LogP) is 5.49. The Balaban J connectivity index is 1.56. The van der Waals surface area contributed by atoms with E-state index in [1.165, 1.54) is 7.11 Å².